The molecule has 212 valence electrons. The molecule has 0 spiro atoms. The van der Waals surface area contributed by atoms with Crippen molar-refractivity contribution in [2.75, 3.05) is 42.6 Å². The second-order valence-corrected chi connectivity index (χ2v) is 10.5. The number of nitrogens with zero attached hydrogens (tertiary/aromatic N) is 4. The van der Waals surface area contributed by atoms with Crippen molar-refractivity contribution >= 4 is 29.0 Å². The summed E-state index contributed by atoms with van der Waals surface area (Å²) in [6, 6.07) is 18.7. The van der Waals surface area contributed by atoms with Crippen LogP contribution in [0.3, 0.4) is 0 Å². The van der Waals surface area contributed by atoms with Crippen LogP contribution >= 0.6 is 0 Å². The lowest BCUT2D eigenvalue weighted by molar-refractivity contribution is -0.384. The number of piperazine rings is 1. The van der Waals surface area contributed by atoms with Gasteiger partial charge in [0.05, 0.1) is 23.3 Å². The summed E-state index contributed by atoms with van der Waals surface area (Å²) in [5, 5.41) is 14.1. The average molecular weight is 558 g/mol. The number of urea groups is 1. The number of anilines is 2. The normalized spacial score (nSPS) is 21.5. The quantitative estimate of drug-likeness (QED) is 0.344. The van der Waals surface area contributed by atoms with Gasteiger partial charge in [-0.3, -0.25) is 19.8 Å². The van der Waals surface area contributed by atoms with Gasteiger partial charge in [0.25, 0.3) is 11.6 Å². The summed E-state index contributed by atoms with van der Waals surface area (Å²) in [5.74, 6) is 1.13. The zero-order valence-electron chi connectivity index (χ0n) is 22.9. The van der Waals surface area contributed by atoms with Gasteiger partial charge in [-0.05, 0) is 50.2 Å². The summed E-state index contributed by atoms with van der Waals surface area (Å²) in [7, 11) is 0. The summed E-state index contributed by atoms with van der Waals surface area (Å²) < 4.78 is 12.3. The number of carbonyl (C=O) groups is 2. The van der Waals surface area contributed by atoms with E-state index in [1.807, 2.05) is 38.1 Å². The Kier molecular flexibility index (Phi) is 6.64. The molecule has 41 heavy (non-hydrogen) atoms. The molecule has 0 radical (unpaired) electrons. The van der Waals surface area contributed by atoms with Gasteiger partial charge in [-0.25, -0.2) is 4.79 Å². The topological polar surface area (TPSA) is 117 Å². The van der Waals surface area contributed by atoms with E-state index in [1.54, 1.807) is 40.1 Å². The number of hydrogen-bond donors (Lipinski definition) is 1. The summed E-state index contributed by atoms with van der Waals surface area (Å²) in [6.45, 7) is 6.50. The van der Waals surface area contributed by atoms with E-state index in [9.17, 15) is 19.7 Å². The van der Waals surface area contributed by atoms with Crippen LogP contribution in [0.4, 0.5) is 21.9 Å². The predicted molar refractivity (Wildman–Crippen MR) is 153 cm³/mol. The number of non-ortho nitro benzene ring substituents is 1. The summed E-state index contributed by atoms with van der Waals surface area (Å²) >= 11 is 0. The van der Waals surface area contributed by atoms with Crippen LogP contribution in [0.1, 0.15) is 42.2 Å². The molecule has 0 aromatic heterocycles. The van der Waals surface area contributed by atoms with Gasteiger partial charge in [-0.15, -0.1) is 0 Å². The number of benzene rings is 3. The third-order valence-electron chi connectivity index (χ3n) is 7.91. The lowest BCUT2D eigenvalue weighted by atomic mass is 9.89. The highest BCUT2D eigenvalue weighted by molar-refractivity contribution is 5.99. The third kappa shape index (κ3) is 4.77. The largest absolute Gasteiger partial charge is 0.490 e. The average Bonchev–Trinajstić information content (AvgIpc) is 2.97. The molecule has 1 N–H and O–H groups in total. The number of nitrogens with one attached hydrogen (secondary N) is 1. The van der Waals surface area contributed by atoms with Crippen molar-refractivity contribution in [1.29, 1.82) is 0 Å². The first-order valence-corrected chi connectivity index (χ1v) is 13.7. The molecule has 11 heteroatoms. The monoisotopic (exact) mass is 557 g/mol. The molecule has 0 saturated carbocycles. The van der Waals surface area contributed by atoms with Crippen LogP contribution in [-0.4, -0.2) is 60.3 Å². The zero-order valence-corrected chi connectivity index (χ0v) is 22.9. The van der Waals surface area contributed by atoms with Gasteiger partial charge in [-0.2, -0.15) is 0 Å². The van der Waals surface area contributed by atoms with E-state index in [0.29, 0.717) is 62.0 Å². The molecule has 6 rings (SSSR count). The maximum Gasteiger partial charge on any atom is 0.325 e. The van der Waals surface area contributed by atoms with Crippen molar-refractivity contribution in [3.8, 4) is 11.5 Å². The Labute approximate surface area is 237 Å². The Hall–Kier alpha value is -4.80. The lowest BCUT2D eigenvalue weighted by Crippen LogP contribution is -2.65. The second-order valence-electron chi connectivity index (χ2n) is 10.5. The number of nitro benzene ring substituents is 1. The van der Waals surface area contributed by atoms with Crippen LogP contribution in [0.5, 0.6) is 11.5 Å². The Morgan fingerprint density at radius 2 is 1.80 bits per heavy atom. The molecule has 3 aliphatic heterocycles. The fraction of sp³-hybridized carbons (Fsp3) is 0.333. The molecule has 2 fully saturated rings. The van der Waals surface area contributed by atoms with Gasteiger partial charge in [0, 0.05) is 61.5 Å². The van der Waals surface area contributed by atoms with Gasteiger partial charge < -0.3 is 24.6 Å². The highest BCUT2D eigenvalue weighted by Gasteiger charge is 2.50. The second kappa shape index (κ2) is 10.3. The number of hydrogen-bond acceptors (Lipinski definition) is 7. The first kappa shape index (κ1) is 26.4. The molecule has 3 aromatic carbocycles. The van der Waals surface area contributed by atoms with Gasteiger partial charge in [0.1, 0.15) is 0 Å². The van der Waals surface area contributed by atoms with Crippen molar-refractivity contribution in [3.05, 3.63) is 88.0 Å². The van der Waals surface area contributed by atoms with Gasteiger partial charge in [0.15, 0.2) is 17.2 Å². The van der Waals surface area contributed by atoms with Crippen LogP contribution < -0.4 is 24.6 Å². The van der Waals surface area contributed by atoms with Crippen LogP contribution in [0, 0.1) is 10.1 Å². The zero-order chi connectivity index (χ0) is 28.7. The molecular weight excluding hydrogens is 526 g/mol. The number of ether oxygens (including phenoxy) is 2. The lowest BCUT2D eigenvalue weighted by Gasteiger charge is -2.50. The minimum atomic E-state index is -0.981. The standard InChI is InChI=1S/C30H31N5O6/c1-3-40-26-9-5-8-24-25-19-30(2,41-27(24)26)34(29(37)31-25)23-7-4-6-20(18-23)28(36)33-16-14-32(15-17-33)21-10-12-22(13-11-21)35(38)39/h4-13,18,25H,3,14-17,19H2,1-2H3,(H,31,37)/t25-,30+/m1/s1. The Morgan fingerprint density at radius 3 is 2.51 bits per heavy atom. The highest BCUT2D eigenvalue weighted by Crippen LogP contribution is 2.49. The smallest absolute Gasteiger partial charge is 0.325 e. The van der Waals surface area contributed by atoms with E-state index >= 15 is 0 Å². The molecular formula is C30H31N5O6. The van der Waals surface area contributed by atoms with E-state index < -0.39 is 10.6 Å². The molecule has 3 aliphatic rings. The van der Waals surface area contributed by atoms with E-state index in [-0.39, 0.29) is 23.7 Å². The summed E-state index contributed by atoms with van der Waals surface area (Å²) in [6.07, 6.45) is 0.532. The number of amides is 3. The third-order valence-corrected chi connectivity index (χ3v) is 7.91. The first-order valence-electron chi connectivity index (χ1n) is 13.7. The molecule has 2 atom stereocenters. The number of rotatable bonds is 6. The van der Waals surface area contributed by atoms with Gasteiger partial charge >= 0.3 is 6.03 Å². The van der Waals surface area contributed by atoms with Crippen LogP contribution in [-0.2, 0) is 0 Å². The number of nitro groups is 1. The van der Waals surface area contributed by atoms with Crippen LogP contribution in [0.25, 0.3) is 0 Å². The molecule has 0 unspecified atom stereocenters. The summed E-state index contributed by atoms with van der Waals surface area (Å²) in [5.41, 5.74) is 1.89. The Morgan fingerprint density at radius 1 is 1.07 bits per heavy atom. The number of carbonyl (C=O) groups excluding carboxylic acids is 2. The molecule has 2 saturated heterocycles. The van der Waals surface area contributed by atoms with E-state index in [2.05, 4.69) is 10.2 Å². The van der Waals surface area contributed by atoms with Gasteiger partial charge in [-0.1, -0.05) is 18.2 Å². The van der Waals surface area contributed by atoms with Crippen LogP contribution in [0.15, 0.2) is 66.7 Å². The van der Waals surface area contributed by atoms with E-state index in [4.69, 9.17) is 9.47 Å². The summed E-state index contributed by atoms with van der Waals surface area (Å²) in [4.78, 5) is 42.9. The minimum Gasteiger partial charge on any atom is -0.490 e. The highest BCUT2D eigenvalue weighted by atomic mass is 16.6. The maximum atomic E-state index is 13.5. The van der Waals surface area contributed by atoms with E-state index in [0.717, 1.165) is 11.3 Å². The number of fused-ring (bicyclic) bond motifs is 4. The Balaban J connectivity index is 1.19. The van der Waals surface area contributed by atoms with Gasteiger partial charge in [0.2, 0.25) is 0 Å². The SMILES string of the molecule is CCOc1cccc2c1O[C@@]1(C)C[C@H]2NC(=O)N1c1cccc(C(=O)N2CCN(c3ccc([N+](=O)[O-])cc3)CC2)c1. The first-order chi connectivity index (χ1) is 19.8. The van der Waals surface area contributed by atoms with E-state index in [1.165, 1.54) is 12.1 Å². The van der Waals surface area contributed by atoms with Crippen molar-refractivity contribution < 1.29 is 24.0 Å². The fourth-order valence-electron chi connectivity index (χ4n) is 5.93. The maximum absolute atomic E-state index is 13.5. The molecule has 2 bridgehead atoms. The molecule has 0 aliphatic carbocycles. The minimum absolute atomic E-state index is 0.0479. The number of para-hydroxylation sites is 1. The molecule has 3 aromatic rings. The van der Waals surface area contributed by atoms with Crippen molar-refractivity contribution in [3.63, 3.8) is 0 Å². The van der Waals surface area contributed by atoms with Crippen molar-refractivity contribution in [2.45, 2.75) is 32.0 Å². The van der Waals surface area contributed by atoms with Crippen LogP contribution in [0.2, 0.25) is 0 Å². The molecule has 11 nitrogen and oxygen atoms in total. The molecule has 3 amide bonds. The predicted octanol–water partition coefficient (Wildman–Crippen LogP) is 4.73. The Bertz CT molecular complexity index is 1500. The molecule has 3 heterocycles. The van der Waals surface area contributed by atoms with Crippen molar-refractivity contribution in [1.82, 2.24) is 10.2 Å². The van der Waals surface area contributed by atoms with Crippen molar-refractivity contribution in [2.24, 2.45) is 0 Å². The fourth-order valence-corrected chi connectivity index (χ4v) is 5.93.